The Labute approximate surface area is 575 Å². The van der Waals surface area contributed by atoms with Crippen molar-refractivity contribution in [2.24, 2.45) is 0 Å². The van der Waals surface area contributed by atoms with Crippen molar-refractivity contribution in [2.75, 3.05) is 4.90 Å². The molecule has 0 spiro atoms. The zero-order valence-electron chi connectivity index (χ0n) is 54.7. The van der Waals surface area contributed by atoms with Crippen LogP contribution in [-0.2, 0) is 5.41 Å². The van der Waals surface area contributed by atoms with Crippen molar-refractivity contribution >= 4 is 136 Å². The molecule has 1 aliphatic carbocycles. The summed E-state index contributed by atoms with van der Waals surface area (Å²) in [7, 11) is 0. The quantitative estimate of drug-likeness (QED) is 0.112. The Balaban J connectivity index is 0.886. The second-order valence-electron chi connectivity index (χ2n) is 27.2. The zero-order chi connectivity index (χ0) is 65.9. The van der Waals surface area contributed by atoms with Crippen LogP contribution in [0.1, 0.15) is 25.0 Å². The molecule has 6 nitrogen and oxygen atoms in total. The first-order valence-corrected chi connectivity index (χ1v) is 34.4. The molecule has 6 heteroatoms. The Hall–Kier alpha value is -13.0. The molecular formula is C94H59N5O. The van der Waals surface area contributed by atoms with Gasteiger partial charge in [-0.1, -0.05) is 299 Å². The molecule has 466 valence electrons. The maximum absolute atomic E-state index is 7.66. The highest BCUT2D eigenvalue weighted by Gasteiger charge is 2.40. The molecule has 0 bridgehead atoms. The van der Waals surface area contributed by atoms with Crippen molar-refractivity contribution in [2.45, 2.75) is 19.3 Å². The van der Waals surface area contributed by atoms with Crippen LogP contribution >= 0.6 is 0 Å². The number of furan rings is 1. The van der Waals surface area contributed by atoms with Crippen LogP contribution < -0.4 is 4.90 Å². The average molecular weight is 1270 g/mol. The fraction of sp³-hybridized carbons (Fsp3) is 0.0319. The highest BCUT2D eigenvalue weighted by atomic mass is 16.3. The highest BCUT2D eigenvalue weighted by molar-refractivity contribution is 6.37. The monoisotopic (exact) mass is 1270 g/mol. The maximum Gasteiger partial charge on any atom is 0.238 e. The zero-order valence-corrected chi connectivity index (χ0v) is 54.7. The van der Waals surface area contributed by atoms with Crippen molar-refractivity contribution in [1.29, 1.82) is 0 Å². The van der Waals surface area contributed by atoms with E-state index in [2.05, 4.69) is 339 Å². The van der Waals surface area contributed by atoms with Crippen LogP contribution in [0.2, 0.25) is 0 Å². The van der Waals surface area contributed by atoms with Gasteiger partial charge in [0.25, 0.3) is 0 Å². The minimum Gasteiger partial charge on any atom is -0.454 e. The average Bonchev–Trinajstić information content (AvgIpc) is 1.51. The number of nitrogens with zero attached hydrogens (tertiary/aromatic N) is 5. The van der Waals surface area contributed by atoms with E-state index in [0.717, 1.165) is 143 Å². The molecule has 17 aromatic carbocycles. The summed E-state index contributed by atoms with van der Waals surface area (Å²) in [5, 5.41) is 20.2. The van der Waals surface area contributed by atoms with Crippen molar-refractivity contribution < 1.29 is 4.42 Å². The van der Waals surface area contributed by atoms with Gasteiger partial charge in [0.15, 0.2) is 17.2 Å². The summed E-state index contributed by atoms with van der Waals surface area (Å²) in [4.78, 5) is 19.4. The van der Waals surface area contributed by atoms with Crippen molar-refractivity contribution in [1.82, 2.24) is 19.5 Å². The van der Waals surface area contributed by atoms with Gasteiger partial charge in [-0.2, -0.15) is 9.97 Å². The number of fused-ring (bicyclic) bond motifs is 22. The predicted molar refractivity (Wildman–Crippen MR) is 418 cm³/mol. The van der Waals surface area contributed by atoms with E-state index in [1.54, 1.807) is 0 Å². The minimum absolute atomic E-state index is 0.315. The van der Waals surface area contributed by atoms with Gasteiger partial charge in [-0.15, -0.1) is 0 Å². The Morgan fingerprint density at radius 3 is 1.59 bits per heavy atom. The summed E-state index contributed by atoms with van der Waals surface area (Å²) in [6.45, 7) is 4.79. The fourth-order valence-electron chi connectivity index (χ4n) is 17.2. The second kappa shape index (κ2) is 21.5. The number of anilines is 3. The number of benzene rings is 17. The molecule has 20 aromatic rings. The Kier molecular flexibility index (Phi) is 12.1. The molecular weight excluding hydrogens is 1220 g/mol. The molecule has 0 saturated carbocycles. The van der Waals surface area contributed by atoms with Crippen LogP contribution in [0, 0.1) is 0 Å². The number of aromatic nitrogens is 4. The van der Waals surface area contributed by atoms with Crippen LogP contribution in [0.5, 0.6) is 0 Å². The molecule has 21 rings (SSSR count). The first-order valence-electron chi connectivity index (χ1n) is 34.4. The molecule has 0 amide bonds. The van der Waals surface area contributed by atoms with Crippen LogP contribution in [0.4, 0.5) is 17.1 Å². The van der Waals surface area contributed by atoms with E-state index >= 15 is 0 Å². The van der Waals surface area contributed by atoms with E-state index in [0.29, 0.717) is 17.6 Å². The molecule has 0 aliphatic heterocycles. The molecule has 0 fully saturated rings. The first kappa shape index (κ1) is 56.2. The molecule has 1 aliphatic rings. The standard InChI is InChI=1S/C94H59N5O/c1-94(2)80-48-22-21-39-67(80)72-46-25-49-81(87(72)94)98(61-33-23-32-59(52-61)56-26-5-3-6-27-56)88-73-44-19-17-42-70(73)84(71-43-18-20-45-74(71)88)60-50-51-76-82(53-60)99(93-96-91(58-29-7-4-8-30-58)95-92(97-93)75-47-24-31-57-28-9-10-34-62(57)75)89-85(76)68-40-15-16-41-69(68)86-79-54-77-65-37-13-11-35-63(65)64-36-12-14-38-66(64)78(77)55-83(79)100-90(86)89/h3-55H,1-2H3. The lowest BCUT2D eigenvalue weighted by Gasteiger charge is -2.34. The lowest BCUT2D eigenvalue weighted by Crippen LogP contribution is -2.21. The van der Waals surface area contributed by atoms with Gasteiger partial charge < -0.3 is 9.32 Å². The molecule has 100 heavy (non-hydrogen) atoms. The Bertz CT molecular complexity index is 6820. The topological polar surface area (TPSA) is 60.0 Å². The van der Waals surface area contributed by atoms with E-state index in [-0.39, 0.29) is 5.41 Å². The van der Waals surface area contributed by atoms with E-state index in [1.165, 1.54) is 49.2 Å². The third-order valence-corrected chi connectivity index (χ3v) is 21.5. The van der Waals surface area contributed by atoms with Crippen LogP contribution in [0.3, 0.4) is 0 Å². The molecule has 3 heterocycles. The van der Waals surface area contributed by atoms with E-state index in [9.17, 15) is 0 Å². The van der Waals surface area contributed by atoms with Gasteiger partial charge in [0.2, 0.25) is 5.95 Å². The lowest BCUT2D eigenvalue weighted by molar-refractivity contribution is 0.661. The van der Waals surface area contributed by atoms with E-state index in [1.807, 2.05) is 6.07 Å². The summed E-state index contributed by atoms with van der Waals surface area (Å²) in [5.41, 5.74) is 17.8. The third-order valence-electron chi connectivity index (χ3n) is 21.5. The van der Waals surface area contributed by atoms with Gasteiger partial charge >= 0.3 is 0 Å². The van der Waals surface area contributed by atoms with Gasteiger partial charge in [-0.05, 0) is 146 Å². The van der Waals surface area contributed by atoms with Gasteiger partial charge in [-0.25, -0.2) is 4.98 Å². The largest absolute Gasteiger partial charge is 0.454 e. The maximum atomic E-state index is 7.66. The molecule has 0 saturated heterocycles. The van der Waals surface area contributed by atoms with Crippen LogP contribution in [0.15, 0.2) is 326 Å². The Morgan fingerprint density at radius 1 is 0.340 bits per heavy atom. The molecule has 0 unspecified atom stereocenters. The summed E-state index contributed by atoms with van der Waals surface area (Å²) in [6, 6.07) is 117. The van der Waals surface area contributed by atoms with Crippen LogP contribution in [0.25, 0.3) is 181 Å². The summed E-state index contributed by atoms with van der Waals surface area (Å²) in [5.74, 6) is 1.61. The van der Waals surface area contributed by atoms with Crippen molar-refractivity contribution in [3.63, 3.8) is 0 Å². The van der Waals surface area contributed by atoms with E-state index in [4.69, 9.17) is 19.4 Å². The Morgan fingerprint density at radius 2 is 0.870 bits per heavy atom. The normalized spacial score (nSPS) is 12.8. The van der Waals surface area contributed by atoms with Gasteiger partial charge in [0.05, 0.1) is 16.9 Å². The fourth-order valence-corrected chi connectivity index (χ4v) is 17.2. The summed E-state index contributed by atoms with van der Waals surface area (Å²) >= 11 is 0. The minimum atomic E-state index is -0.315. The highest BCUT2D eigenvalue weighted by Crippen LogP contribution is 2.57. The molecule has 0 atom stereocenters. The van der Waals surface area contributed by atoms with E-state index < -0.39 is 0 Å². The number of rotatable bonds is 8. The predicted octanol–water partition coefficient (Wildman–Crippen LogP) is 25.4. The summed E-state index contributed by atoms with van der Waals surface area (Å²) in [6.07, 6.45) is 0. The number of hydrogen-bond acceptors (Lipinski definition) is 5. The van der Waals surface area contributed by atoms with Gasteiger partial charge in [0.1, 0.15) is 11.1 Å². The van der Waals surface area contributed by atoms with Crippen molar-refractivity contribution in [3.8, 4) is 62.1 Å². The summed E-state index contributed by atoms with van der Waals surface area (Å²) < 4.78 is 9.96. The van der Waals surface area contributed by atoms with Crippen molar-refractivity contribution in [3.05, 3.63) is 333 Å². The first-order chi connectivity index (χ1) is 49.4. The second-order valence-corrected chi connectivity index (χ2v) is 27.2. The lowest BCUT2D eigenvalue weighted by atomic mass is 9.81. The molecule has 3 aromatic heterocycles. The van der Waals surface area contributed by atoms with Gasteiger partial charge in [-0.3, -0.25) is 4.57 Å². The van der Waals surface area contributed by atoms with Gasteiger partial charge in [0, 0.05) is 54.5 Å². The number of hydrogen-bond donors (Lipinski definition) is 0. The third kappa shape index (κ3) is 8.16. The van der Waals surface area contributed by atoms with Crippen LogP contribution in [-0.4, -0.2) is 19.5 Å². The molecule has 0 radical (unpaired) electrons. The molecule has 0 N–H and O–H groups in total. The smallest absolute Gasteiger partial charge is 0.238 e. The SMILES string of the molecule is CC1(C)c2ccccc2-c2cccc(N(c3cccc(-c4ccccc4)c3)c3c4ccccc4c(-c4ccc5c6c7ccccc7c7c8cc9c%10ccccc%10c%10ccccc%10c9cc8oc7c6n(-c6nc(-c7ccccc7)nc(-c7cccc8ccccc78)n6)c5c4)c4ccccc34)c21.